The minimum atomic E-state index is 0.0904. The Morgan fingerprint density at radius 3 is 2.76 bits per heavy atom. The molecule has 0 atom stereocenters. The van der Waals surface area contributed by atoms with Crippen molar-refractivity contribution in [3.63, 3.8) is 0 Å². The lowest BCUT2D eigenvalue weighted by molar-refractivity contribution is -0.140. The highest BCUT2D eigenvalue weighted by Crippen LogP contribution is 2.20. The van der Waals surface area contributed by atoms with E-state index in [2.05, 4.69) is 30.4 Å². The van der Waals surface area contributed by atoms with Gasteiger partial charge in [0, 0.05) is 39.1 Å². The van der Waals surface area contributed by atoms with Crippen molar-refractivity contribution in [2.45, 2.75) is 19.4 Å². The van der Waals surface area contributed by atoms with Crippen LogP contribution in [0, 0.1) is 5.92 Å². The van der Waals surface area contributed by atoms with Crippen molar-refractivity contribution < 1.29 is 13.9 Å². The van der Waals surface area contributed by atoms with Crippen LogP contribution in [0.15, 0.2) is 27.8 Å². The first-order valence-corrected chi connectivity index (χ1v) is 10.0. The van der Waals surface area contributed by atoms with Gasteiger partial charge in [-0.05, 0) is 25.0 Å². The van der Waals surface area contributed by atoms with Crippen molar-refractivity contribution in [2.24, 2.45) is 10.9 Å². The number of hydrogen-bond acceptors (Lipinski definition) is 6. The molecule has 29 heavy (non-hydrogen) atoms. The van der Waals surface area contributed by atoms with Gasteiger partial charge >= 0.3 is 0 Å². The number of nitrogens with zero attached hydrogens (tertiary/aromatic N) is 5. The number of amides is 1. The highest BCUT2D eigenvalue weighted by Gasteiger charge is 2.30. The molecule has 156 valence electrons. The van der Waals surface area contributed by atoms with Crippen LogP contribution in [0.25, 0.3) is 11.6 Å². The molecule has 0 bridgehead atoms. The second kappa shape index (κ2) is 9.08. The lowest BCUT2D eigenvalue weighted by atomic mass is 9.95. The van der Waals surface area contributed by atoms with E-state index in [1.165, 1.54) is 0 Å². The van der Waals surface area contributed by atoms with E-state index in [1.54, 1.807) is 19.4 Å². The summed E-state index contributed by atoms with van der Waals surface area (Å²) in [5, 5.41) is 10.4. The first-order valence-electron chi connectivity index (χ1n) is 10.0. The third-order valence-corrected chi connectivity index (χ3v) is 5.37. The van der Waals surface area contributed by atoms with Gasteiger partial charge in [0.05, 0.1) is 26.0 Å². The summed E-state index contributed by atoms with van der Waals surface area (Å²) < 4.78 is 10.7. The molecule has 2 aliphatic rings. The molecule has 2 fully saturated rings. The normalized spacial score (nSPS) is 18.9. The average molecular weight is 401 g/mol. The van der Waals surface area contributed by atoms with Crippen LogP contribution < -0.4 is 5.32 Å². The zero-order valence-corrected chi connectivity index (χ0v) is 16.6. The van der Waals surface area contributed by atoms with Gasteiger partial charge in [-0.25, -0.2) is 4.98 Å². The Morgan fingerprint density at radius 1 is 1.28 bits per heavy atom. The molecule has 4 heterocycles. The molecule has 2 aromatic heterocycles. The Bertz CT molecular complexity index is 819. The lowest BCUT2D eigenvalue weighted by Crippen LogP contribution is -2.49. The smallest absolute Gasteiger partial charge is 0.225 e. The van der Waals surface area contributed by atoms with Crippen molar-refractivity contribution in [2.75, 3.05) is 46.4 Å². The number of ether oxygens (including phenoxy) is 1. The van der Waals surface area contributed by atoms with Gasteiger partial charge in [-0.2, -0.15) is 0 Å². The van der Waals surface area contributed by atoms with Gasteiger partial charge in [0.15, 0.2) is 11.7 Å². The first kappa shape index (κ1) is 19.4. The fraction of sp³-hybridized carbons (Fsp3) is 0.579. The van der Waals surface area contributed by atoms with E-state index in [0.717, 1.165) is 31.9 Å². The molecule has 0 saturated carbocycles. The predicted octanol–water partition coefficient (Wildman–Crippen LogP) is 0.711. The number of furan rings is 1. The topological polar surface area (TPSA) is 112 Å². The van der Waals surface area contributed by atoms with Crippen LogP contribution in [0.3, 0.4) is 0 Å². The number of carbonyl (C=O) groups excluding carboxylic acids is 1. The Hall–Kier alpha value is -2.88. The Labute approximate surface area is 169 Å². The number of nitrogens with one attached hydrogen (secondary N) is 2. The summed E-state index contributed by atoms with van der Waals surface area (Å²) in [6.07, 6.45) is 3.27. The van der Waals surface area contributed by atoms with Crippen molar-refractivity contribution in [1.29, 1.82) is 0 Å². The van der Waals surface area contributed by atoms with Crippen LogP contribution in [-0.2, 0) is 16.1 Å². The molecule has 10 nitrogen and oxygen atoms in total. The zero-order chi connectivity index (χ0) is 20.1. The molecule has 2 aromatic rings. The van der Waals surface area contributed by atoms with Crippen molar-refractivity contribution in [3.05, 3.63) is 24.2 Å². The number of likely N-dealkylation sites (tertiary alicyclic amines) is 1. The molecule has 2 saturated heterocycles. The molecule has 0 radical (unpaired) electrons. The molecule has 10 heteroatoms. The SMILES string of the molecule is CN=C(NCc1nc(-c2ccco2)n[nH]1)N1CCC(C(=O)N2CCOCC2)CC1. The molecule has 0 spiro atoms. The summed E-state index contributed by atoms with van der Waals surface area (Å²) in [4.78, 5) is 25.6. The summed E-state index contributed by atoms with van der Waals surface area (Å²) in [6.45, 7) is 4.78. The second-order valence-corrected chi connectivity index (χ2v) is 7.18. The molecule has 0 aliphatic carbocycles. The minimum Gasteiger partial charge on any atom is -0.461 e. The molecule has 0 aromatic carbocycles. The summed E-state index contributed by atoms with van der Waals surface area (Å²) in [7, 11) is 1.77. The Kier molecular flexibility index (Phi) is 6.09. The van der Waals surface area contributed by atoms with Crippen LogP contribution in [0.4, 0.5) is 0 Å². The molecule has 2 aliphatic heterocycles. The van der Waals surface area contributed by atoms with Crippen molar-refractivity contribution in [1.82, 2.24) is 30.3 Å². The summed E-state index contributed by atoms with van der Waals surface area (Å²) in [5.41, 5.74) is 0. The van der Waals surface area contributed by atoms with Gasteiger partial charge in [0.25, 0.3) is 0 Å². The largest absolute Gasteiger partial charge is 0.461 e. The number of aromatic nitrogens is 3. The average Bonchev–Trinajstić information content (AvgIpc) is 3.47. The zero-order valence-electron chi connectivity index (χ0n) is 16.6. The highest BCUT2D eigenvalue weighted by molar-refractivity contribution is 5.81. The number of rotatable bonds is 4. The number of aromatic amines is 1. The number of H-pyrrole nitrogens is 1. The quantitative estimate of drug-likeness (QED) is 0.573. The van der Waals surface area contributed by atoms with Crippen LogP contribution in [0.2, 0.25) is 0 Å². The number of aliphatic imine (C=N–C) groups is 1. The van der Waals surface area contributed by atoms with Crippen molar-refractivity contribution in [3.8, 4) is 11.6 Å². The lowest BCUT2D eigenvalue weighted by Gasteiger charge is -2.36. The van der Waals surface area contributed by atoms with Gasteiger partial charge in [-0.3, -0.25) is 14.9 Å². The van der Waals surface area contributed by atoms with Crippen LogP contribution in [-0.4, -0.2) is 83.3 Å². The standard InChI is InChI=1S/C19H27N7O3/c1-20-19(21-13-16-22-17(24-23-16)15-3-2-10-29-15)26-6-4-14(5-7-26)18(27)25-8-11-28-12-9-25/h2-3,10,14H,4-9,11-13H2,1H3,(H,20,21)(H,22,23,24). The molecule has 4 rings (SSSR count). The molecule has 1 amide bonds. The Balaban J connectivity index is 1.27. The van der Waals surface area contributed by atoms with Gasteiger partial charge < -0.3 is 24.3 Å². The van der Waals surface area contributed by atoms with Crippen molar-refractivity contribution >= 4 is 11.9 Å². The number of morpholine rings is 1. The van der Waals surface area contributed by atoms with Crippen LogP contribution in [0.5, 0.6) is 0 Å². The number of piperidine rings is 1. The molecule has 0 unspecified atom stereocenters. The van der Waals surface area contributed by atoms with E-state index in [-0.39, 0.29) is 11.8 Å². The van der Waals surface area contributed by atoms with Crippen LogP contribution in [0.1, 0.15) is 18.7 Å². The molecular formula is C19H27N7O3. The maximum Gasteiger partial charge on any atom is 0.225 e. The van der Waals surface area contributed by atoms with Crippen LogP contribution >= 0.6 is 0 Å². The summed E-state index contributed by atoms with van der Waals surface area (Å²) in [6, 6.07) is 3.63. The Morgan fingerprint density at radius 2 is 2.07 bits per heavy atom. The third-order valence-electron chi connectivity index (χ3n) is 5.37. The fourth-order valence-electron chi connectivity index (χ4n) is 3.77. The highest BCUT2D eigenvalue weighted by atomic mass is 16.5. The first-order chi connectivity index (χ1) is 14.2. The third kappa shape index (κ3) is 4.58. The molecule has 2 N–H and O–H groups in total. The predicted molar refractivity (Wildman–Crippen MR) is 106 cm³/mol. The van der Waals surface area contributed by atoms with E-state index in [4.69, 9.17) is 9.15 Å². The van der Waals surface area contributed by atoms with E-state index < -0.39 is 0 Å². The second-order valence-electron chi connectivity index (χ2n) is 7.18. The van der Waals surface area contributed by atoms with E-state index >= 15 is 0 Å². The fourth-order valence-corrected chi connectivity index (χ4v) is 3.77. The number of carbonyl (C=O) groups is 1. The van der Waals surface area contributed by atoms with Gasteiger partial charge in [-0.1, -0.05) is 0 Å². The van der Waals surface area contributed by atoms with E-state index in [1.807, 2.05) is 11.0 Å². The molecular weight excluding hydrogens is 374 g/mol. The minimum absolute atomic E-state index is 0.0904. The number of hydrogen-bond donors (Lipinski definition) is 2. The van der Waals surface area contributed by atoms with Gasteiger partial charge in [-0.15, -0.1) is 5.10 Å². The van der Waals surface area contributed by atoms with E-state index in [9.17, 15) is 4.79 Å². The van der Waals surface area contributed by atoms with E-state index in [0.29, 0.717) is 50.3 Å². The maximum atomic E-state index is 12.7. The van der Waals surface area contributed by atoms with Gasteiger partial charge in [0.2, 0.25) is 11.7 Å². The number of guanidine groups is 1. The maximum absolute atomic E-state index is 12.7. The monoisotopic (exact) mass is 401 g/mol. The summed E-state index contributed by atoms with van der Waals surface area (Å²) >= 11 is 0. The van der Waals surface area contributed by atoms with Gasteiger partial charge in [0.1, 0.15) is 5.82 Å². The summed E-state index contributed by atoms with van der Waals surface area (Å²) in [5.74, 6) is 3.02.